The van der Waals surface area contributed by atoms with Gasteiger partial charge in [-0.15, -0.1) is 0 Å². The van der Waals surface area contributed by atoms with Crippen molar-refractivity contribution in [2.45, 2.75) is 46.3 Å². The van der Waals surface area contributed by atoms with Crippen molar-refractivity contribution >= 4 is 0 Å². The summed E-state index contributed by atoms with van der Waals surface area (Å²) in [5.41, 5.74) is 0.0915. The predicted molar refractivity (Wildman–Crippen MR) is 62.1 cm³/mol. The van der Waals surface area contributed by atoms with E-state index in [1.54, 1.807) is 9.13 Å². The van der Waals surface area contributed by atoms with Gasteiger partial charge >= 0.3 is 5.69 Å². The first-order valence-corrected chi connectivity index (χ1v) is 5.71. The number of aromatic nitrogens is 2. The molecule has 0 amide bonds. The minimum absolute atomic E-state index is 0.0915. The zero-order valence-corrected chi connectivity index (χ0v) is 9.86. The van der Waals surface area contributed by atoms with Crippen LogP contribution < -0.4 is 11.0 Å². The van der Waals surface area contributed by atoms with Gasteiger partial charge in [-0.25, -0.2) is 4.79 Å². The monoisotopic (exact) mass is 211 g/mol. The lowest BCUT2D eigenvalue weighted by Crippen LogP contribution is -2.36. The molecule has 4 nitrogen and oxygen atoms in total. The van der Waals surface area contributed by atoms with Gasteiger partial charge in [0.2, 0.25) is 0 Å². The number of imidazole rings is 1. The maximum absolute atomic E-state index is 11.8. The topological polar surface area (TPSA) is 39.0 Å². The maximum atomic E-state index is 11.8. The molecular formula is C11H21N3O. The van der Waals surface area contributed by atoms with E-state index >= 15 is 0 Å². The zero-order chi connectivity index (χ0) is 11.3. The second-order valence-corrected chi connectivity index (χ2v) is 3.68. The first-order valence-electron chi connectivity index (χ1n) is 5.71. The molecule has 0 bridgehead atoms. The summed E-state index contributed by atoms with van der Waals surface area (Å²) >= 11 is 0. The summed E-state index contributed by atoms with van der Waals surface area (Å²) in [6, 6.07) is 0.389. The minimum Gasteiger partial charge on any atom is -0.312 e. The van der Waals surface area contributed by atoms with Crippen LogP contribution in [0.2, 0.25) is 0 Å². The predicted octanol–water partition coefficient (Wildman–Crippen LogP) is 1.06. The molecule has 1 aromatic rings. The maximum Gasteiger partial charge on any atom is 0.328 e. The fourth-order valence-corrected chi connectivity index (χ4v) is 1.70. The van der Waals surface area contributed by atoms with Gasteiger partial charge in [0.25, 0.3) is 0 Å². The Morgan fingerprint density at radius 3 is 2.40 bits per heavy atom. The van der Waals surface area contributed by atoms with Gasteiger partial charge in [-0.3, -0.25) is 9.13 Å². The lowest BCUT2D eigenvalue weighted by atomic mass is 10.2. The van der Waals surface area contributed by atoms with E-state index in [9.17, 15) is 4.79 Å². The Balaban J connectivity index is 2.70. The number of likely N-dealkylation sites (N-methyl/N-ethyl adjacent to an activating group) is 1. The second-order valence-electron chi connectivity index (χ2n) is 3.68. The fourth-order valence-electron chi connectivity index (χ4n) is 1.70. The van der Waals surface area contributed by atoms with Gasteiger partial charge in [0.15, 0.2) is 0 Å². The standard InChI is InChI=1S/C11H21N3O/c1-4-10(12-5-2)9-14-8-7-13(6-3)11(14)15/h7-8,10,12H,4-6,9H2,1-3H3. The van der Waals surface area contributed by atoms with Crippen LogP contribution in [0.15, 0.2) is 17.2 Å². The largest absolute Gasteiger partial charge is 0.328 e. The molecule has 4 heteroatoms. The second kappa shape index (κ2) is 5.75. The molecular weight excluding hydrogens is 190 g/mol. The zero-order valence-electron chi connectivity index (χ0n) is 9.86. The lowest BCUT2D eigenvalue weighted by Gasteiger charge is -2.15. The number of nitrogens with one attached hydrogen (secondary N) is 1. The molecule has 1 unspecified atom stereocenters. The number of hydrogen-bond donors (Lipinski definition) is 1. The first-order chi connectivity index (χ1) is 7.22. The average molecular weight is 211 g/mol. The van der Waals surface area contributed by atoms with Crippen LogP contribution in [0.25, 0.3) is 0 Å². The van der Waals surface area contributed by atoms with Crippen LogP contribution in [0.5, 0.6) is 0 Å². The highest BCUT2D eigenvalue weighted by Crippen LogP contribution is 1.95. The highest BCUT2D eigenvalue weighted by Gasteiger charge is 2.08. The highest BCUT2D eigenvalue weighted by molar-refractivity contribution is 4.83. The smallest absolute Gasteiger partial charge is 0.312 e. The van der Waals surface area contributed by atoms with Crippen LogP contribution in [-0.2, 0) is 13.1 Å². The summed E-state index contributed by atoms with van der Waals surface area (Å²) in [7, 11) is 0. The van der Waals surface area contributed by atoms with E-state index in [1.165, 1.54) is 0 Å². The molecule has 0 fully saturated rings. The van der Waals surface area contributed by atoms with Crippen LogP contribution >= 0.6 is 0 Å². The first kappa shape index (κ1) is 12.0. The molecule has 1 aromatic heterocycles. The Morgan fingerprint density at radius 2 is 1.93 bits per heavy atom. The molecule has 0 aliphatic rings. The Hall–Kier alpha value is -1.03. The molecule has 1 N–H and O–H groups in total. The molecule has 1 heterocycles. The summed E-state index contributed by atoms with van der Waals surface area (Å²) in [4.78, 5) is 11.8. The van der Waals surface area contributed by atoms with E-state index < -0.39 is 0 Å². The molecule has 0 spiro atoms. The average Bonchev–Trinajstić information content (AvgIpc) is 2.59. The number of aryl methyl sites for hydroxylation is 1. The van der Waals surface area contributed by atoms with Crippen molar-refractivity contribution in [1.29, 1.82) is 0 Å². The van der Waals surface area contributed by atoms with Crippen molar-refractivity contribution in [2.75, 3.05) is 6.54 Å². The Morgan fingerprint density at radius 1 is 1.27 bits per heavy atom. The van der Waals surface area contributed by atoms with Crippen LogP contribution in [0.3, 0.4) is 0 Å². The van der Waals surface area contributed by atoms with E-state index in [0.717, 1.165) is 26.1 Å². The summed E-state index contributed by atoms with van der Waals surface area (Å²) in [5.74, 6) is 0. The van der Waals surface area contributed by atoms with Crippen molar-refractivity contribution in [1.82, 2.24) is 14.5 Å². The molecule has 0 radical (unpaired) electrons. The molecule has 0 aromatic carbocycles. The van der Waals surface area contributed by atoms with E-state index in [2.05, 4.69) is 19.2 Å². The molecule has 0 aliphatic heterocycles. The van der Waals surface area contributed by atoms with Gasteiger partial charge in [0.05, 0.1) is 0 Å². The fraction of sp³-hybridized carbons (Fsp3) is 0.727. The van der Waals surface area contributed by atoms with Gasteiger partial charge in [-0.05, 0) is 19.9 Å². The molecule has 0 aliphatic carbocycles. The summed E-state index contributed by atoms with van der Waals surface area (Å²) < 4.78 is 3.50. The van der Waals surface area contributed by atoms with Gasteiger partial charge < -0.3 is 5.32 Å². The normalized spacial score (nSPS) is 13.0. The van der Waals surface area contributed by atoms with E-state index in [4.69, 9.17) is 0 Å². The Bertz CT molecular complexity index is 340. The van der Waals surface area contributed by atoms with Crippen molar-refractivity contribution in [2.24, 2.45) is 0 Å². The Labute approximate surface area is 90.9 Å². The molecule has 1 atom stereocenters. The van der Waals surface area contributed by atoms with Crippen LogP contribution in [0.4, 0.5) is 0 Å². The van der Waals surface area contributed by atoms with Crippen molar-refractivity contribution in [3.8, 4) is 0 Å². The molecule has 0 saturated carbocycles. The third kappa shape index (κ3) is 2.96. The molecule has 15 heavy (non-hydrogen) atoms. The van der Waals surface area contributed by atoms with Crippen LogP contribution in [0.1, 0.15) is 27.2 Å². The van der Waals surface area contributed by atoms with Crippen LogP contribution in [-0.4, -0.2) is 21.7 Å². The highest BCUT2D eigenvalue weighted by atomic mass is 16.1. The third-order valence-electron chi connectivity index (χ3n) is 2.66. The van der Waals surface area contributed by atoms with Crippen molar-refractivity contribution in [3.05, 3.63) is 22.9 Å². The third-order valence-corrected chi connectivity index (χ3v) is 2.66. The van der Waals surface area contributed by atoms with E-state index in [0.29, 0.717) is 6.04 Å². The summed E-state index contributed by atoms with van der Waals surface area (Å²) in [5, 5.41) is 3.37. The van der Waals surface area contributed by atoms with E-state index in [-0.39, 0.29) is 5.69 Å². The molecule has 0 saturated heterocycles. The van der Waals surface area contributed by atoms with Crippen LogP contribution in [0, 0.1) is 0 Å². The number of rotatable bonds is 6. The lowest BCUT2D eigenvalue weighted by molar-refractivity contribution is 0.437. The van der Waals surface area contributed by atoms with Gasteiger partial charge in [0, 0.05) is 31.5 Å². The van der Waals surface area contributed by atoms with Gasteiger partial charge in [-0.1, -0.05) is 13.8 Å². The minimum atomic E-state index is 0.0915. The quantitative estimate of drug-likeness (QED) is 0.764. The number of hydrogen-bond acceptors (Lipinski definition) is 2. The van der Waals surface area contributed by atoms with Gasteiger partial charge in [-0.2, -0.15) is 0 Å². The van der Waals surface area contributed by atoms with Gasteiger partial charge in [0.1, 0.15) is 0 Å². The summed E-state index contributed by atoms with van der Waals surface area (Å²) in [6.45, 7) is 8.65. The van der Waals surface area contributed by atoms with Crippen molar-refractivity contribution < 1.29 is 0 Å². The SMILES string of the molecule is CCNC(CC)Cn1ccn(CC)c1=O. The Kier molecular flexibility index (Phi) is 4.62. The molecule has 1 rings (SSSR count). The van der Waals surface area contributed by atoms with Crippen molar-refractivity contribution in [3.63, 3.8) is 0 Å². The molecule has 86 valence electrons. The van der Waals surface area contributed by atoms with E-state index in [1.807, 2.05) is 19.3 Å². The summed E-state index contributed by atoms with van der Waals surface area (Å²) in [6.07, 6.45) is 4.75. The number of nitrogens with zero attached hydrogens (tertiary/aromatic N) is 2.